The maximum absolute atomic E-state index is 5.94. The van der Waals surface area contributed by atoms with Gasteiger partial charge in [-0.1, -0.05) is 35.3 Å². The van der Waals surface area contributed by atoms with Crippen molar-refractivity contribution in [2.45, 2.75) is 6.61 Å². The number of fused-ring (bicyclic) bond motifs is 2. The number of nitrogens with one attached hydrogen (secondary N) is 1. The summed E-state index contributed by atoms with van der Waals surface area (Å²) in [5.74, 6) is 1.63. The zero-order chi connectivity index (χ0) is 14.9. The van der Waals surface area contributed by atoms with Crippen molar-refractivity contribution in [1.82, 2.24) is 9.97 Å². The number of aromatic nitrogens is 3. The minimum Gasteiger partial charge on any atom is -0.485 e. The molecule has 0 bridgehead atoms. The third kappa shape index (κ3) is 2.33. The minimum absolute atomic E-state index is 0.459. The zero-order valence-corrected chi connectivity index (χ0v) is 13.2. The maximum atomic E-state index is 5.94. The number of aromatic amines is 1. The first kappa shape index (κ1) is 13.3. The molecule has 0 spiro atoms. The van der Waals surface area contributed by atoms with Crippen LogP contribution in [-0.2, 0) is 6.61 Å². The predicted octanol–water partition coefficient (Wildman–Crippen LogP) is 3.64. The summed E-state index contributed by atoms with van der Waals surface area (Å²) < 4.78 is 8.86. The maximum Gasteiger partial charge on any atom is 0.401 e. The fourth-order valence-corrected chi connectivity index (χ4v) is 3.09. The monoisotopic (exact) mass is 354 g/mol. The molecule has 0 saturated heterocycles. The summed E-state index contributed by atoms with van der Waals surface area (Å²) >= 11 is 3.64. The lowest BCUT2D eigenvalue weighted by Gasteiger charge is -2.08. The summed E-state index contributed by atoms with van der Waals surface area (Å²) in [6.07, 6.45) is 5.70. The Hall–Kier alpha value is -2.40. The Morgan fingerprint density at radius 3 is 2.95 bits per heavy atom. The van der Waals surface area contributed by atoms with Crippen LogP contribution in [0.4, 0.5) is 0 Å². The predicted molar refractivity (Wildman–Crippen MR) is 87.7 cm³/mol. The van der Waals surface area contributed by atoms with Crippen molar-refractivity contribution in [3.8, 4) is 5.75 Å². The molecule has 2 heterocycles. The van der Waals surface area contributed by atoms with Gasteiger partial charge in [-0.05, 0) is 32.8 Å². The van der Waals surface area contributed by atoms with Crippen molar-refractivity contribution in [2.75, 3.05) is 0 Å². The normalized spacial score (nSPS) is 11.1. The topological polar surface area (TPSA) is 42.0 Å². The van der Waals surface area contributed by atoms with Gasteiger partial charge in [-0.25, -0.2) is 9.38 Å². The summed E-state index contributed by atoms with van der Waals surface area (Å²) in [7, 11) is 0. The molecular weight excluding hydrogens is 342 g/mol. The minimum atomic E-state index is 0.459. The summed E-state index contributed by atoms with van der Waals surface area (Å²) in [5, 5.41) is 2.33. The van der Waals surface area contributed by atoms with E-state index < -0.39 is 0 Å². The number of ether oxygens (including phenoxy) is 1. The van der Waals surface area contributed by atoms with E-state index in [1.165, 1.54) is 5.39 Å². The third-order valence-corrected chi connectivity index (χ3v) is 4.37. The molecular formula is C17H13BrN3O+. The smallest absolute Gasteiger partial charge is 0.401 e. The molecule has 0 aliphatic carbocycles. The number of H-pyrrole nitrogens is 1. The highest BCUT2D eigenvalue weighted by Crippen LogP contribution is 2.33. The van der Waals surface area contributed by atoms with E-state index in [9.17, 15) is 0 Å². The van der Waals surface area contributed by atoms with Crippen molar-refractivity contribution < 1.29 is 9.14 Å². The molecule has 0 unspecified atom stereocenters. The van der Waals surface area contributed by atoms with Crippen LogP contribution in [0.1, 0.15) is 5.69 Å². The van der Waals surface area contributed by atoms with Crippen molar-refractivity contribution in [1.29, 1.82) is 0 Å². The molecule has 2 aromatic heterocycles. The quantitative estimate of drug-likeness (QED) is 0.570. The Kier molecular flexibility index (Phi) is 3.27. The second-order valence-corrected chi connectivity index (χ2v) is 5.81. The van der Waals surface area contributed by atoms with Crippen LogP contribution in [0.15, 0.2) is 65.5 Å². The zero-order valence-electron chi connectivity index (χ0n) is 11.7. The summed E-state index contributed by atoms with van der Waals surface area (Å²) in [6, 6.07) is 14.2. The average Bonchev–Trinajstić information content (AvgIpc) is 2.97. The molecule has 0 fully saturated rings. The lowest BCUT2D eigenvalue weighted by molar-refractivity contribution is -0.513. The molecule has 108 valence electrons. The van der Waals surface area contributed by atoms with Crippen molar-refractivity contribution >= 4 is 32.5 Å². The molecule has 4 nitrogen and oxygen atoms in total. The van der Waals surface area contributed by atoms with Crippen LogP contribution >= 0.6 is 15.9 Å². The van der Waals surface area contributed by atoms with E-state index in [1.54, 1.807) is 6.20 Å². The van der Waals surface area contributed by atoms with Gasteiger partial charge in [0.1, 0.15) is 30.4 Å². The standard InChI is InChI=1S/C17H12BrN3O/c18-16-14-5-2-1-4-12(14)6-7-15(16)22-11-13-10-21-9-3-8-19-17(21)20-13/h1-10H,11H2/p+1. The highest BCUT2D eigenvalue weighted by atomic mass is 79.9. The van der Waals surface area contributed by atoms with Gasteiger partial charge >= 0.3 is 5.78 Å². The summed E-state index contributed by atoms with van der Waals surface area (Å²) in [6.45, 7) is 0.459. The molecule has 0 atom stereocenters. The van der Waals surface area contributed by atoms with Gasteiger partial charge < -0.3 is 4.74 Å². The number of hydrogen-bond acceptors (Lipinski definition) is 2. The number of benzene rings is 2. The van der Waals surface area contributed by atoms with Crippen molar-refractivity contribution in [3.05, 3.63) is 71.2 Å². The lowest BCUT2D eigenvalue weighted by atomic mass is 10.1. The SMILES string of the molecule is Brc1c(OCc2c[n+]3cccnc3[nH]2)ccc2ccccc12. The van der Waals surface area contributed by atoms with Gasteiger partial charge in [-0.3, -0.25) is 0 Å². The van der Waals surface area contributed by atoms with Crippen LogP contribution in [0, 0.1) is 0 Å². The number of imidazole rings is 1. The van der Waals surface area contributed by atoms with Crippen molar-refractivity contribution in [2.24, 2.45) is 0 Å². The van der Waals surface area contributed by atoms with Crippen LogP contribution < -0.4 is 9.14 Å². The molecule has 0 saturated carbocycles. The average molecular weight is 355 g/mol. The van der Waals surface area contributed by atoms with Crippen LogP contribution in [0.2, 0.25) is 0 Å². The van der Waals surface area contributed by atoms with Crippen LogP contribution in [0.25, 0.3) is 16.6 Å². The molecule has 0 aliphatic rings. The number of rotatable bonds is 3. The number of halogens is 1. The number of nitrogens with zero attached hydrogens (tertiary/aromatic N) is 2. The van der Waals surface area contributed by atoms with E-state index in [-0.39, 0.29) is 0 Å². The molecule has 0 amide bonds. The van der Waals surface area contributed by atoms with E-state index in [2.05, 4.69) is 44.1 Å². The molecule has 1 N–H and O–H groups in total. The molecule has 22 heavy (non-hydrogen) atoms. The Morgan fingerprint density at radius 2 is 2.05 bits per heavy atom. The van der Waals surface area contributed by atoms with Crippen molar-refractivity contribution in [3.63, 3.8) is 0 Å². The van der Waals surface area contributed by atoms with E-state index in [4.69, 9.17) is 4.74 Å². The Balaban J connectivity index is 1.62. The molecule has 4 aromatic rings. The Morgan fingerprint density at radius 1 is 1.14 bits per heavy atom. The fraction of sp³-hybridized carbons (Fsp3) is 0.0588. The van der Waals surface area contributed by atoms with Gasteiger partial charge in [-0.2, -0.15) is 0 Å². The fourth-order valence-electron chi connectivity index (χ4n) is 2.48. The molecule has 5 heteroatoms. The lowest BCUT2D eigenvalue weighted by Crippen LogP contribution is -2.17. The van der Waals surface area contributed by atoms with Gasteiger partial charge in [-0.15, -0.1) is 0 Å². The molecule has 4 rings (SSSR count). The highest BCUT2D eigenvalue weighted by Gasteiger charge is 2.10. The van der Waals surface area contributed by atoms with E-state index in [1.807, 2.05) is 41.1 Å². The van der Waals surface area contributed by atoms with Gasteiger partial charge in [0.05, 0.1) is 10.7 Å². The van der Waals surface area contributed by atoms with Gasteiger partial charge in [0.25, 0.3) is 0 Å². The third-order valence-electron chi connectivity index (χ3n) is 3.55. The molecule has 0 radical (unpaired) electrons. The van der Waals surface area contributed by atoms with Crippen LogP contribution in [0.3, 0.4) is 0 Å². The van der Waals surface area contributed by atoms with Gasteiger partial charge in [0.2, 0.25) is 0 Å². The highest BCUT2D eigenvalue weighted by molar-refractivity contribution is 9.10. The van der Waals surface area contributed by atoms with E-state index >= 15 is 0 Å². The second kappa shape index (κ2) is 5.42. The molecule has 2 aromatic carbocycles. The summed E-state index contributed by atoms with van der Waals surface area (Å²) in [4.78, 5) is 7.49. The van der Waals surface area contributed by atoms with Crippen LogP contribution in [0.5, 0.6) is 5.75 Å². The Bertz CT molecular complexity index is 931. The first-order chi connectivity index (χ1) is 10.8. The largest absolute Gasteiger partial charge is 0.485 e. The Labute approximate surface area is 135 Å². The molecule has 0 aliphatic heterocycles. The van der Waals surface area contributed by atoms with Crippen LogP contribution in [-0.4, -0.2) is 9.97 Å². The first-order valence-corrected chi connectivity index (χ1v) is 7.74. The first-order valence-electron chi connectivity index (χ1n) is 6.95. The second-order valence-electron chi connectivity index (χ2n) is 5.02. The number of hydrogen-bond donors (Lipinski definition) is 1. The van der Waals surface area contributed by atoms with E-state index in [0.29, 0.717) is 6.61 Å². The van der Waals surface area contributed by atoms with E-state index in [0.717, 1.165) is 27.1 Å². The van der Waals surface area contributed by atoms with Gasteiger partial charge in [0, 0.05) is 6.07 Å². The summed E-state index contributed by atoms with van der Waals surface area (Å²) in [5.41, 5.74) is 0.971. The van der Waals surface area contributed by atoms with Gasteiger partial charge in [0.15, 0.2) is 0 Å².